The largest absolute Gasteiger partial charge is 0.480 e. The molecule has 1 heterocycles. The Labute approximate surface area is 108 Å². The van der Waals surface area contributed by atoms with E-state index in [1.807, 2.05) is 0 Å². The van der Waals surface area contributed by atoms with Gasteiger partial charge in [0.05, 0.1) is 0 Å². The summed E-state index contributed by atoms with van der Waals surface area (Å²) in [5, 5.41) is 8.98. The minimum Gasteiger partial charge on any atom is -0.480 e. The second-order valence-corrected chi connectivity index (χ2v) is 4.45. The highest BCUT2D eigenvalue weighted by atomic mass is 19.4. The van der Waals surface area contributed by atoms with Crippen molar-refractivity contribution in [3.63, 3.8) is 0 Å². The van der Waals surface area contributed by atoms with E-state index in [1.54, 1.807) is 0 Å². The summed E-state index contributed by atoms with van der Waals surface area (Å²) < 4.78 is 40.4. The molecule has 0 saturated carbocycles. The predicted molar refractivity (Wildman–Crippen MR) is 58.5 cm³/mol. The fourth-order valence-corrected chi connectivity index (χ4v) is 1.98. The number of carboxylic acid groups (broad SMARTS) is 1. The number of amides is 1. The summed E-state index contributed by atoms with van der Waals surface area (Å²) in [6.45, 7) is -0.0947. The zero-order chi connectivity index (χ0) is 14.6. The summed E-state index contributed by atoms with van der Waals surface area (Å²) in [6.07, 6.45) is -4.18. The van der Waals surface area contributed by atoms with E-state index in [2.05, 4.69) is 4.74 Å². The fraction of sp³-hybridized carbons (Fsp3) is 0.818. The molecule has 1 amide bonds. The number of carbonyl (C=O) groups excluding carboxylic acids is 1. The molecule has 19 heavy (non-hydrogen) atoms. The molecule has 0 spiro atoms. The Hall–Kier alpha value is -1.31. The first kappa shape index (κ1) is 15.7. The second kappa shape index (κ2) is 6.23. The van der Waals surface area contributed by atoms with Crippen LogP contribution in [0.2, 0.25) is 0 Å². The lowest BCUT2D eigenvalue weighted by Crippen LogP contribution is -2.51. The van der Waals surface area contributed by atoms with Crippen LogP contribution in [0.5, 0.6) is 0 Å². The van der Waals surface area contributed by atoms with Crippen LogP contribution in [0, 0.1) is 0 Å². The van der Waals surface area contributed by atoms with E-state index in [0.717, 1.165) is 4.90 Å². The van der Waals surface area contributed by atoms with Gasteiger partial charge in [0, 0.05) is 6.54 Å². The summed E-state index contributed by atoms with van der Waals surface area (Å²) in [7, 11) is 0. The van der Waals surface area contributed by atoms with E-state index in [-0.39, 0.29) is 6.54 Å². The van der Waals surface area contributed by atoms with Gasteiger partial charge in [-0.3, -0.25) is 4.79 Å². The van der Waals surface area contributed by atoms with Crippen molar-refractivity contribution < 1.29 is 32.6 Å². The molecule has 110 valence electrons. The lowest BCUT2D eigenvalue weighted by Gasteiger charge is -2.34. The van der Waals surface area contributed by atoms with Crippen LogP contribution in [-0.2, 0) is 14.3 Å². The molecule has 0 aliphatic carbocycles. The molecule has 8 heteroatoms. The molecular weight excluding hydrogens is 267 g/mol. The Bertz CT molecular complexity index is 345. The molecule has 0 aromatic rings. The number of hydrogen-bond acceptors (Lipinski definition) is 3. The van der Waals surface area contributed by atoms with E-state index in [0.29, 0.717) is 19.3 Å². The summed E-state index contributed by atoms with van der Waals surface area (Å²) >= 11 is 0. The zero-order valence-corrected chi connectivity index (χ0v) is 10.4. The highest BCUT2D eigenvalue weighted by Crippen LogP contribution is 2.20. The molecule has 1 aliphatic heterocycles. The average molecular weight is 283 g/mol. The van der Waals surface area contributed by atoms with Crippen LogP contribution < -0.4 is 0 Å². The van der Waals surface area contributed by atoms with Crippen LogP contribution in [-0.4, -0.2) is 53.4 Å². The Morgan fingerprint density at radius 1 is 1.42 bits per heavy atom. The molecule has 0 unspecified atom stereocenters. The van der Waals surface area contributed by atoms with E-state index < -0.39 is 36.8 Å². The number of piperidine rings is 1. The van der Waals surface area contributed by atoms with Gasteiger partial charge >= 0.3 is 12.1 Å². The van der Waals surface area contributed by atoms with Gasteiger partial charge in [0.15, 0.2) is 0 Å². The van der Waals surface area contributed by atoms with Crippen LogP contribution in [0.1, 0.15) is 26.2 Å². The Balaban J connectivity index is 2.61. The van der Waals surface area contributed by atoms with Crippen LogP contribution in [0.3, 0.4) is 0 Å². The minimum absolute atomic E-state index is 0.232. The van der Waals surface area contributed by atoms with Crippen molar-refractivity contribution >= 4 is 11.9 Å². The Morgan fingerprint density at radius 2 is 2.05 bits per heavy atom. The number of carboxylic acids is 1. The summed E-state index contributed by atoms with van der Waals surface area (Å²) in [5.74, 6) is -1.85. The molecule has 1 aliphatic rings. The highest BCUT2D eigenvalue weighted by Gasteiger charge is 2.36. The lowest BCUT2D eigenvalue weighted by molar-refractivity contribution is -0.190. The van der Waals surface area contributed by atoms with E-state index in [9.17, 15) is 22.8 Å². The Morgan fingerprint density at radius 3 is 2.58 bits per heavy atom. The van der Waals surface area contributed by atoms with Crippen molar-refractivity contribution in [3.8, 4) is 0 Å². The molecule has 1 fully saturated rings. The normalized spacial score (nSPS) is 22.1. The first-order valence-electron chi connectivity index (χ1n) is 5.94. The predicted octanol–water partition coefficient (Wildman–Crippen LogP) is 1.42. The van der Waals surface area contributed by atoms with Gasteiger partial charge in [-0.25, -0.2) is 4.79 Å². The van der Waals surface area contributed by atoms with Gasteiger partial charge in [-0.2, -0.15) is 13.2 Å². The number of alkyl halides is 3. The van der Waals surface area contributed by atoms with Crippen molar-refractivity contribution in [1.82, 2.24) is 4.90 Å². The SMILES string of the molecule is C[C@H](OCC(F)(F)F)C(=O)N1CCCC[C@@H]1C(=O)O. The molecule has 5 nitrogen and oxygen atoms in total. The number of carbonyl (C=O) groups is 2. The van der Waals surface area contributed by atoms with Gasteiger partial charge in [0.25, 0.3) is 5.91 Å². The second-order valence-electron chi connectivity index (χ2n) is 4.45. The smallest absolute Gasteiger partial charge is 0.411 e. The molecule has 1 rings (SSSR count). The number of hydrogen-bond donors (Lipinski definition) is 1. The number of likely N-dealkylation sites (tertiary alicyclic amines) is 1. The molecule has 2 atom stereocenters. The van der Waals surface area contributed by atoms with E-state index in [1.165, 1.54) is 6.92 Å². The van der Waals surface area contributed by atoms with Gasteiger partial charge in [0.2, 0.25) is 0 Å². The van der Waals surface area contributed by atoms with Gasteiger partial charge in [-0.1, -0.05) is 0 Å². The third-order valence-electron chi connectivity index (χ3n) is 2.92. The van der Waals surface area contributed by atoms with Gasteiger partial charge in [-0.15, -0.1) is 0 Å². The number of nitrogens with zero attached hydrogens (tertiary/aromatic N) is 1. The summed E-state index contributed by atoms with van der Waals surface area (Å²) in [4.78, 5) is 24.0. The highest BCUT2D eigenvalue weighted by molar-refractivity contribution is 5.86. The quantitative estimate of drug-likeness (QED) is 0.847. The number of ether oxygens (including phenoxy) is 1. The molecular formula is C11H16F3NO4. The third-order valence-corrected chi connectivity index (χ3v) is 2.92. The summed E-state index contributed by atoms with van der Waals surface area (Å²) in [5.41, 5.74) is 0. The molecule has 0 aromatic carbocycles. The van der Waals surface area contributed by atoms with Crippen molar-refractivity contribution in [2.45, 2.75) is 44.5 Å². The van der Waals surface area contributed by atoms with Gasteiger partial charge in [-0.05, 0) is 26.2 Å². The maximum Gasteiger partial charge on any atom is 0.411 e. The number of aliphatic carboxylic acids is 1. The van der Waals surface area contributed by atoms with Gasteiger partial charge in [0.1, 0.15) is 18.8 Å². The minimum atomic E-state index is -4.51. The maximum atomic E-state index is 12.0. The zero-order valence-electron chi connectivity index (χ0n) is 10.4. The molecule has 1 saturated heterocycles. The first-order chi connectivity index (χ1) is 8.72. The molecule has 0 bridgehead atoms. The van der Waals surface area contributed by atoms with Crippen molar-refractivity contribution in [2.75, 3.05) is 13.2 Å². The summed E-state index contributed by atoms with van der Waals surface area (Å²) in [6, 6.07) is -0.974. The standard InChI is InChI=1S/C11H16F3NO4/c1-7(19-6-11(12,13)14)9(16)15-5-3-2-4-8(15)10(17)18/h7-8H,2-6H2,1H3,(H,17,18)/t7-,8+/m0/s1. The molecule has 0 aromatic heterocycles. The molecule has 0 radical (unpaired) electrons. The van der Waals surface area contributed by atoms with Crippen LogP contribution in [0.25, 0.3) is 0 Å². The van der Waals surface area contributed by atoms with Crippen molar-refractivity contribution in [3.05, 3.63) is 0 Å². The lowest BCUT2D eigenvalue weighted by atomic mass is 10.0. The van der Waals surface area contributed by atoms with Crippen molar-refractivity contribution in [1.29, 1.82) is 0 Å². The van der Waals surface area contributed by atoms with Gasteiger partial charge < -0.3 is 14.7 Å². The average Bonchev–Trinajstić information content (AvgIpc) is 2.34. The van der Waals surface area contributed by atoms with Crippen LogP contribution in [0.4, 0.5) is 13.2 Å². The van der Waals surface area contributed by atoms with Crippen LogP contribution in [0.15, 0.2) is 0 Å². The third kappa shape index (κ3) is 4.70. The monoisotopic (exact) mass is 283 g/mol. The fourth-order valence-electron chi connectivity index (χ4n) is 1.98. The topological polar surface area (TPSA) is 66.8 Å². The number of rotatable bonds is 4. The Kier molecular flexibility index (Phi) is 5.16. The molecule has 1 N–H and O–H groups in total. The first-order valence-corrected chi connectivity index (χ1v) is 5.94. The van der Waals surface area contributed by atoms with E-state index >= 15 is 0 Å². The van der Waals surface area contributed by atoms with Crippen LogP contribution >= 0.6 is 0 Å². The van der Waals surface area contributed by atoms with Crippen molar-refractivity contribution in [2.24, 2.45) is 0 Å². The number of halogens is 3. The maximum absolute atomic E-state index is 12.0. The van der Waals surface area contributed by atoms with E-state index in [4.69, 9.17) is 5.11 Å².